The van der Waals surface area contributed by atoms with Crippen LogP contribution in [0.4, 0.5) is 0 Å². The van der Waals surface area contributed by atoms with E-state index < -0.39 is 12.0 Å². The van der Waals surface area contributed by atoms with Gasteiger partial charge in [0.15, 0.2) is 0 Å². The first kappa shape index (κ1) is 9.70. The summed E-state index contributed by atoms with van der Waals surface area (Å²) in [5, 5.41) is 0. The Kier molecular flexibility index (Phi) is 4.83. The van der Waals surface area contributed by atoms with Crippen LogP contribution >= 0.6 is 0 Å². The van der Waals surface area contributed by atoms with Gasteiger partial charge in [-0.2, -0.15) is 0 Å². The Morgan fingerprint density at radius 2 is 2.55 bits per heavy atom. The quantitative estimate of drug-likeness (QED) is 0.347. The van der Waals surface area contributed by atoms with Crippen molar-refractivity contribution in [1.29, 1.82) is 0 Å². The standard InChI is InChI=1S/C8H11NO2/c1-4-6-7(9-3)8(10)11-5-2/h4,7H,1,5-6H2,2H3. The summed E-state index contributed by atoms with van der Waals surface area (Å²) in [6.07, 6.45) is 1.90. The molecule has 0 aliphatic rings. The minimum Gasteiger partial charge on any atom is -0.460 e. The van der Waals surface area contributed by atoms with E-state index in [1.54, 1.807) is 13.0 Å². The van der Waals surface area contributed by atoms with Gasteiger partial charge in [-0.1, -0.05) is 6.08 Å². The Balaban J connectivity index is 3.94. The van der Waals surface area contributed by atoms with E-state index in [0.29, 0.717) is 13.0 Å². The Morgan fingerprint density at radius 1 is 1.91 bits per heavy atom. The molecule has 3 nitrogen and oxygen atoms in total. The van der Waals surface area contributed by atoms with Gasteiger partial charge in [-0.3, -0.25) is 0 Å². The topological polar surface area (TPSA) is 30.7 Å². The number of carbonyl (C=O) groups is 1. The van der Waals surface area contributed by atoms with Crippen LogP contribution in [0.1, 0.15) is 13.3 Å². The molecule has 0 fully saturated rings. The molecule has 60 valence electrons. The Morgan fingerprint density at radius 3 is 2.91 bits per heavy atom. The molecule has 0 saturated heterocycles. The third-order valence-electron chi connectivity index (χ3n) is 1.10. The molecule has 0 aromatic heterocycles. The number of hydrogen-bond donors (Lipinski definition) is 0. The SMILES string of the molecule is [C-]#[N+]C(CC=C)C(=O)OCC. The van der Waals surface area contributed by atoms with E-state index in [1.807, 2.05) is 0 Å². The molecule has 1 atom stereocenters. The second-order valence-electron chi connectivity index (χ2n) is 1.92. The molecule has 1 unspecified atom stereocenters. The summed E-state index contributed by atoms with van der Waals surface area (Å²) in [4.78, 5) is 14.0. The molecule has 0 aromatic rings. The molecule has 11 heavy (non-hydrogen) atoms. The third-order valence-corrected chi connectivity index (χ3v) is 1.10. The smallest absolute Gasteiger partial charge is 0.390 e. The highest BCUT2D eigenvalue weighted by Gasteiger charge is 2.22. The van der Waals surface area contributed by atoms with Crippen LogP contribution in [0.15, 0.2) is 12.7 Å². The number of esters is 1. The van der Waals surface area contributed by atoms with Gasteiger partial charge in [0.1, 0.15) is 0 Å². The third kappa shape index (κ3) is 3.41. The number of nitrogens with zero attached hydrogens (tertiary/aromatic N) is 1. The zero-order valence-electron chi connectivity index (χ0n) is 6.54. The van der Waals surface area contributed by atoms with Crippen molar-refractivity contribution in [3.05, 3.63) is 24.1 Å². The molecule has 0 rings (SSSR count). The number of rotatable bonds is 4. The molecule has 0 bridgehead atoms. The van der Waals surface area contributed by atoms with Crippen molar-refractivity contribution in [2.75, 3.05) is 6.61 Å². The van der Waals surface area contributed by atoms with Gasteiger partial charge in [0.05, 0.1) is 13.0 Å². The zero-order valence-corrected chi connectivity index (χ0v) is 6.54. The summed E-state index contributed by atoms with van der Waals surface area (Å²) in [5.74, 6) is -0.456. The number of carbonyl (C=O) groups excluding carboxylic acids is 1. The van der Waals surface area contributed by atoms with Gasteiger partial charge in [-0.25, -0.2) is 11.4 Å². The van der Waals surface area contributed by atoms with Crippen LogP contribution in [-0.2, 0) is 9.53 Å². The molecular weight excluding hydrogens is 142 g/mol. The molecule has 0 amide bonds. The van der Waals surface area contributed by atoms with Crippen LogP contribution < -0.4 is 0 Å². The molecule has 0 saturated carbocycles. The van der Waals surface area contributed by atoms with Crippen molar-refractivity contribution >= 4 is 5.97 Å². The van der Waals surface area contributed by atoms with E-state index in [0.717, 1.165) is 0 Å². The maximum atomic E-state index is 10.9. The second-order valence-corrected chi connectivity index (χ2v) is 1.92. The van der Waals surface area contributed by atoms with Crippen molar-refractivity contribution in [3.8, 4) is 0 Å². The van der Waals surface area contributed by atoms with E-state index in [4.69, 9.17) is 6.57 Å². The maximum absolute atomic E-state index is 10.9. The first-order chi connectivity index (χ1) is 5.26. The monoisotopic (exact) mass is 153 g/mol. The summed E-state index contributed by atoms with van der Waals surface area (Å²) in [7, 11) is 0. The molecule has 3 heteroatoms. The lowest BCUT2D eigenvalue weighted by Gasteiger charge is -2.00. The van der Waals surface area contributed by atoms with Crippen molar-refractivity contribution in [2.45, 2.75) is 19.4 Å². The van der Waals surface area contributed by atoms with Crippen LogP contribution in [0.3, 0.4) is 0 Å². The molecule has 0 aliphatic carbocycles. The average molecular weight is 153 g/mol. The average Bonchev–Trinajstić information content (AvgIpc) is 2.00. The number of hydrogen-bond acceptors (Lipinski definition) is 2. The van der Waals surface area contributed by atoms with Crippen LogP contribution in [0, 0.1) is 6.57 Å². The molecule has 0 aromatic carbocycles. The number of ether oxygens (including phenoxy) is 1. The minimum atomic E-state index is -0.701. The predicted octanol–water partition coefficient (Wildman–Crippen LogP) is 1.41. The van der Waals surface area contributed by atoms with E-state index in [-0.39, 0.29) is 0 Å². The lowest BCUT2D eigenvalue weighted by molar-refractivity contribution is -0.143. The summed E-state index contributed by atoms with van der Waals surface area (Å²) < 4.78 is 4.65. The lowest BCUT2D eigenvalue weighted by atomic mass is 10.2. The van der Waals surface area contributed by atoms with Gasteiger partial charge < -0.3 is 9.58 Å². The maximum Gasteiger partial charge on any atom is 0.390 e. The first-order valence-corrected chi connectivity index (χ1v) is 3.40. The molecule has 0 N–H and O–H groups in total. The van der Waals surface area contributed by atoms with Gasteiger partial charge >= 0.3 is 12.0 Å². The van der Waals surface area contributed by atoms with E-state index in [1.165, 1.54) is 0 Å². The highest BCUT2D eigenvalue weighted by Crippen LogP contribution is 2.00. The van der Waals surface area contributed by atoms with Crippen molar-refractivity contribution in [3.63, 3.8) is 0 Å². The Bertz CT molecular complexity index is 181. The van der Waals surface area contributed by atoms with Crippen LogP contribution in [0.2, 0.25) is 0 Å². The highest BCUT2D eigenvalue weighted by molar-refractivity contribution is 5.77. The summed E-state index contributed by atoms with van der Waals surface area (Å²) >= 11 is 0. The zero-order chi connectivity index (χ0) is 8.69. The van der Waals surface area contributed by atoms with Gasteiger partial charge in [-0.15, -0.1) is 6.58 Å². The van der Waals surface area contributed by atoms with E-state index in [2.05, 4.69) is 16.2 Å². The summed E-state index contributed by atoms with van der Waals surface area (Å²) in [5.41, 5.74) is 0. The minimum absolute atomic E-state index is 0.321. The Hall–Kier alpha value is -1.30. The summed E-state index contributed by atoms with van der Waals surface area (Å²) in [6, 6.07) is -0.701. The van der Waals surface area contributed by atoms with Gasteiger partial charge in [-0.05, 0) is 6.92 Å². The second kappa shape index (κ2) is 5.48. The highest BCUT2D eigenvalue weighted by atomic mass is 16.5. The fourth-order valence-electron chi connectivity index (χ4n) is 0.598. The Labute approximate surface area is 66.5 Å². The van der Waals surface area contributed by atoms with Crippen molar-refractivity contribution < 1.29 is 9.53 Å². The lowest BCUT2D eigenvalue weighted by Crippen LogP contribution is -2.19. The van der Waals surface area contributed by atoms with E-state index >= 15 is 0 Å². The van der Waals surface area contributed by atoms with E-state index in [9.17, 15) is 4.79 Å². The van der Waals surface area contributed by atoms with Crippen molar-refractivity contribution in [2.24, 2.45) is 0 Å². The van der Waals surface area contributed by atoms with Gasteiger partial charge in [0, 0.05) is 0 Å². The molecule has 0 aliphatic heterocycles. The molecule has 0 spiro atoms. The first-order valence-electron chi connectivity index (χ1n) is 3.40. The van der Waals surface area contributed by atoms with Gasteiger partial charge in [0.2, 0.25) is 0 Å². The summed E-state index contributed by atoms with van der Waals surface area (Å²) in [6.45, 7) is 12.1. The van der Waals surface area contributed by atoms with Crippen molar-refractivity contribution in [1.82, 2.24) is 0 Å². The largest absolute Gasteiger partial charge is 0.460 e. The molecule has 0 radical (unpaired) electrons. The molecular formula is C8H11NO2. The van der Waals surface area contributed by atoms with Gasteiger partial charge in [0.25, 0.3) is 0 Å². The fourth-order valence-corrected chi connectivity index (χ4v) is 0.598. The normalized spacial score (nSPS) is 11.3. The molecule has 0 heterocycles. The van der Waals surface area contributed by atoms with Crippen LogP contribution in [0.5, 0.6) is 0 Å². The van der Waals surface area contributed by atoms with Crippen LogP contribution in [0.25, 0.3) is 4.85 Å². The van der Waals surface area contributed by atoms with Crippen LogP contribution in [-0.4, -0.2) is 18.6 Å². The predicted molar refractivity (Wildman–Crippen MR) is 41.8 cm³/mol. The fraction of sp³-hybridized carbons (Fsp3) is 0.500.